The van der Waals surface area contributed by atoms with Gasteiger partial charge in [0.15, 0.2) is 0 Å². The average molecular weight is 230 g/mol. The van der Waals surface area contributed by atoms with E-state index in [0.29, 0.717) is 5.69 Å². The minimum Gasteiger partial charge on any atom is -0.354 e. The van der Waals surface area contributed by atoms with Gasteiger partial charge in [0.25, 0.3) is 0 Å². The summed E-state index contributed by atoms with van der Waals surface area (Å²) in [4.78, 5) is 7.58. The van der Waals surface area contributed by atoms with Gasteiger partial charge in [0, 0.05) is 12.2 Å². The number of aromatic nitrogens is 2. The van der Waals surface area contributed by atoms with E-state index in [0.717, 1.165) is 0 Å². The zero-order chi connectivity index (χ0) is 12.2. The monoisotopic (exact) mass is 230 g/mol. The van der Waals surface area contributed by atoms with Gasteiger partial charge in [-0.25, -0.2) is 9.97 Å². The lowest BCUT2D eigenvalue weighted by atomic mass is 10.3. The van der Waals surface area contributed by atoms with Crippen LogP contribution in [0.15, 0.2) is 6.07 Å². The Bertz CT molecular complexity index is 408. The van der Waals surface area contributed by atoms with Gasteiger partial charge in [-0.15, -0.1) is 0 Å². The number of halogens is 3. The average Bonchev–Trinajstić information content (AvgIpc) is 2.14. The zero-order valence-electron chi connectivity index (χ0n) is 8.47. The summed E-state index contributed by atoms with van der Waals surface area (Å²) in [5.74, 6) is 0.0424. The Morgan fingerprint density at radius 1 is 1.44 bits per heavy atom. The number of nitrogens with one attached hydrogen (secondary N) is 1. The molecule has 1 aromatic heterocycles. The highest BCUT2D eigenvalue weighted by molar-refractivity contribution is 5.32. The second-order valence-corrected chi connectivity index (χ2v) is 3.12. The molecule has 7 heteroatoms. The van der Waals surface area contributed by atoms with Gasteiger partial charge in [-0.2, -0.15) is 18.4 Å². The summed E-state index contributed by atoms with van der Waals surface area (Å²) in [6, 6.07) is 3.25. The molecule has 1 aromatic rings. The summed E-state index contributed by atoms with van der Waals surface area (Å²) in [5.41, 5.74) is 0.656. The van der Waals surface area contributed by atoms with Crippen LogP contribution in [-0.4, -0.2) is 22.7 Å². The van der Waals surface area contributed by atoms with Gasteiger partial charge in [-0.3, -0.25) is 0 Å². The molecule has 4 nitrogen and oxygen atoms in total. The molecular weight excluding hydrogens is 221 g/mol. The number of hydrogen-bond acceptors (Lipinski definition) is 4. The minimum absolute atomic E-state index is 0.0424. The SMILES string of the molecule is Cc1cc(C#N)nc(NCCC(F)(F)F)n1. The van der Waals surface area contributed by atoms with Crippen molar-refractivity contribution in [2.45, 2.75) is 19.5 Å². The van der Waals surface area contributed by atoms with Gasteiger partial charge in [-0.05, 0) is 13.0 Å². The Kier molecular flexibility index (Phi) is 3.66. The van der Waals surface area contributed by atoms with E-state index in [2.05, 4.69) is 15.3 Å². The maximum atomic E-state index is 11.8. The van der Waals surface area contributed by atoms with Crippen molar-refractivity contribution in [1.29, 1.82) is 5.26 Å². The van der Waals surface area contributed by atoms with Gasteiger partial charge in [-0.1, -0.05) is 0 Å². The van der Waals surface area contributed by atoms with Crippen LogP contribution in [-0.2, 0) is 0 Å². The van der Waals surface area contributed by atoms with Gasteiger partial charge in [0.2, 0.25) is 5.95 Å². The van der Waals surface area contributed by atoms with Crippen LogP contribution in [0.3, 0.4) is 0 Å². The van der Waals surface area contributed by atoms with Crippen LogP contribution in [0.5, 0.6) is 0 Å². The van der Waals surface area contributed by atoms with Crippen molar-refractivity contribution in [3.63, 3.8) is 0 Å². The van der Waals surface area contributed by atoms with Crippen molar-refractivity contribution in [3.8, 4) is 6.07 Å². The fraction of sp³-hybridized carbons (Fsp3) is 0.444. The van der Waals surface area contributed by atoms with E-state index in [-0.39, 0.29) is 18.2 Å². The van der Waals surface area contributed by atoms with Crippen LogP contribution in [0.1, 0.15) is 17.8 Å². The van der Waals surface area contributed by atoms with Crippen LogP contribution >= 0.6 is 0 Å². The van der Waals surface area contributed by atoms with Crippen molar-refractivity contribution in [2.24, 2.45) is 0 Å². The van der Waals surface area contributed by atoms with E-state index < -0.39 is 12.6 Å². The molecule has 0 aliphatic heterocycles. The topological polar surface area (TPSA) is 61.6 Å². The predicted octanol–water partition coefficient (Wildman–Crippen LogP) is 2.02. The molecule has 0 atom stereocenters. The smallest absolute Gasteiger partial charge is 0.354 e. The third-order valence-corrected chi connectivity index (χ3v) is 1.66. The lowest BCUT2D eigenvalue weighted by Gasteiger charge is -2.07. The molecule has 16 heavy (non-hydrogen) atoms. The van der Waals surface area contributed by atoms with E-state index in [1.165, 1.54) is 6.07 Å². The number of nitriles is 1. The first-order valence-electron chi connectivity index (χ1n) is 4.47. The predicted molar refractivity (Wildman–Crippen MR) is 50.6 cm³/mol. The normalized spacial score (nSPS) is 10.9. The molecule has 0 aliphatic rings. The van der Waals surface area contributed by atoms with Crippen LogP contribution in [0.2, 0.25) is 0 Å². The first-order chi connectivity index (χ1) is 7.40. The fourth-order valence-electron chi connectivity index (χ4n) is 1.02. The molecule has 0 aromatic carbocycles. The second-order valence-electron chi connectivity index (χ2n) is 3.12. The highest BCUT2D eigenvalue weighted by Crippen LogP contribution is 2.19. The summed E-state index contributed by atoms with van der Waals surface area (Å²) < 4.78 is 35.5. The van der Waals surface area contributed by atoms with Crippen LogP contribution in [0.25, 0.3) is 0 Å². The maximum Gasteiger partial charge on any atom is 0.390 e. The van der Waals surface area contributed by atoms with Crippen molar-refractivity contribution >= 4 is 5.95 Å². The summed E-state index contributed by atoms with van der Waals surface area (Å²) in [6.07, 6.45) is -5.18. The molecule has 0 unspecified atom stereocenters. The van der Waals surface area contributed by atoms with Gasteiger partial charge in [0.05, 0.1) is 6.42 Å². The Balaban J connectivity index is 2.61. The summed E-state index contributed by atoms with van der Waals surface area (Å²) in [7, 11) is 0. The third kappa shape index (κ3) is 4.13. The van der Waals surface area contributed by atoms with Crippen molar-refractivity contribution in [3.05, 3.63) is 17.5 Å². The van der Waals surface area contributed by atoms with Gasteiger partial charge >= 0.3 is 6.18 Å². The molecule has 1 rings (SSSR count). The standard InChI is InChI=1S/C9H9F3N4/c1-6-4-7(5-13)16-8(15-6)14-3-2-9(10,11)12/h4H,2-3H2,1H3,(H,14,15,16). The molecule has 0 amide bonds. The molecule has 0 radical (unpaired) electrons. The number of rotatable bonds is 3. The lowest BCUT2D eigenvalue weighted by molar-refractivity contribution is -0.131. The van der Waals surface area contributed by atoms with Crippen LogP contribution in [0, 0.1) is 18.3 Å². The van der Waals surface area contributed by atoms with E-state index >= 15 is 0 Å². The largest absolute Gasteiger partial charge is 0.390 e. The van der Waals surface area contributed by atoms with Crippen molar-refractivity contribution < 1.29 is 13.2 Å². The molecule has 86 valence electrons. The van der Waals surface area contributed by atoms with E-state index in [1.54, 1.807) is 13.0 Å². The van der Waals surface area contributed by atoms with Gasteiger partial charge < -0.3 is 5.32 Å². The Morgan fingerprint density at radius 3 is 2.69 bits per heavy atom. The molecule has 0 bridgehead atoms. The Hall–Kier alpha value is -1.84. The first kappa shape index (κ1) is 12.2. The van der Waals surface area contributed by atoms with Crippen molar-refractivity contribution in [2.75, 3.05) is 11.9 Å². The van der Waals surface area contributed by atoms with Gasteiger partial charge in [0.1, 0.15) is 11.8 Å². The number of anilines is 1. The molecule has 0 aliphatic carbocycles. The summed E-state index contributed by atoms with van der Waals surface area (Å²) in [5, 5.41) is 11.0. The van der Waals surface area contributed by atoms with Crippen molar-refractivity contribution in [1.82, 2.24) is 9.97 Å². The molecule has 0 spiro atoms. The Labute approximate surface area is 90.1 Å². The van der Waals surface area contributed by atoms with E-state index in [9.17, 15) is 13.2 Å². The third-order valence-electron chi connectivity index (χ3n) is 1.66. The quantitative estimate of drug-likeness (QED) is 0.862. The second kappa shape index (κ2) is 4.79. The van der Waals surface area contributed by atoms with Crippen LogP contribution < -0.4 is 5.32 Å². The maximum absolute atomic E-state index is 11.8. The summed E-state index contributed by atoms with van der Waals surface area (Å²) >= 11 is 0. The number of aryl methyl sites for hydroxylation is 1. The minimum atomic E-state index is -4.21. The van der Waals surface area contributed by atoms with E-state index in [1.807, 2.05) is 0 Å². The highest BCUT2D eigenvalue weighted by Gasteiger charge is 2.26. The highest BCUT2D eigenvalue weighted by atomic mass is 19.4. The van der Waals surface area contributed by atoms with Crippen LogP contribution in [0.4, 0.5) is 19.1 Å². The number of nitrogens with zero attached hydrogens (tertiary/aromatic N) is 3. The molecule has 0 saturated carbocycles. The fourth-order valence-corrected chi connectivity index (χ4v) is 1.02. The Morgan fingerprint density at radius 2 is 2.12 bits per heavy atom. The molecule has 1 N–H and O–H groups in total. The first-order valence-corrected chi connectivity index (χ1v) is 4.47. The lowest BCUT2D eigenvalue weighted by Crippen LogP contribution is -2.16. The number of alkyl halides is 3. The summed E-state index contributed by atoms with van der Waals surface area (Å²) in [6.45, 7) is 1.33. The molecule has 1 heterocycles. The van der Waals surface area contributed by atoms with E-state index in [4.69, 9.17) is 5.26 Å². The molecular formula is C9H9F3N4. The molecule has 0 saturated heterocycles. The molecule has 0 fully saturated rings. The number of hydrogen-bond donors (Lipinski definition) is 1. The zero-order valence-corrected chi connectivity index (χ0v) is 8.47.